The second-order valence-corrected chi connectivity index (χ2v) is 3.08. The molecule has 1 aromatic rings. The number of benzene rings is 1. The van der Waals surface area contributed by atoms with Crippen molar-refractivity contribution < 1.29 is 14.7 Å². The molecule has 0 saturated carbocycles. The van der Waals surface area contributed by atoms with E-state index in [-0.39, 0.29) is 5.57 Å². The number of carbonyl (C=O) groups excluding carboxylic acids is 1. The highest BCUT2D eigenvalue weighted by Crippen LogP contribution is 2.18. The van der Waals surface area contributed by atoms with Crippen LogP contribution >= 0.6 is 0 Å². The van der Waals surface area contributed by atoms with Gasteiger partial charge in [-0.15, -0.1) is 0 Å². The number of rotatable bonds is 3. The Morgan fingerprint density at radius 2 is 1.93 bits per heavy atom. The van der Waals surface area contributed by atoms with Gasteiger partial charge in [0.25, 0.3) is 0 Å². The summed E-state index contributed by atoms with van der Waals surface area (Å²) in [5, 5.41) is 8.92. The van der Waals surface area contributed by atoms with Gasteiger partial charge in [-0.05, 0) is 18.1 Å². The summed E-state index contributed by atoms with van der Waals surface area (Å²) in [4.78, 5) is 21.6. The van der Waals surface area contributed by atoms with E-state index in [0.29, 0.717) is 5.56 Å². The van der Waals surface area contributed by atoms with E-state index in [1.165, 1.54) is 0 Å². The van der Waals surface area contributed by atoms with Crippen LogP contribution in [0.25, 0.3) is 5.57 Å². The number of hydrogen-bond acceptors (Lipinski definition) is 2. The Morgan fingerprint density at radius 1 is 1.33 bits per heavy atom. The molecule has 4 nitrogen and oxygen atoms in total. The van der Waals surface area contributed by atoms with Crippen molar-refractivity contribution in [2.24, 2.45) is 5.73 Å². The molecule has 0 radical (unpaired) electrons. The van der Waals surface area contributed by atoms with Gasteiger partial charge in [0, 0.05) is 6.08 Å². The van der Waals surface area contributed by atoms with Crippen LogP contribution < -0.4 is 5.73 Å². The number of aliphatic carboxylic acids is 1. The van der Waals surface area contributed by atoms with Crippen LogP contribution in [0, 0.1) is 6.92 Å². The van der Waals surface area contributed by atoms with E-state index in [0.717, 1.165) is 11.6 Å². The van der Waals surface area contributed by atoms with Crippen molar-refractivity contribution in [2.45, 2.75) is 6.92 Å². The number of amides is 1. The number of aryl methyl sites for hydroxylation is 1. The van der Waals surface area contributed by atoms with Crippen molar-refractivity contribution in [1.29, 1.82) is 0 Å². The number of nitrogens with two attached hydrogens (primary N) is 1. The molecule has 0 unspecified atom stereocenters. The van der Waals surface area contributed by atoms with Crippen molar-refractivity contribution in [1.82, 2.24) is 0 Å². The minimum absolute atomic E-state index is 0.0828. The van der Waals surface area contributed by atoms with Crippen molar-refractivity contribution in [3.63, 3.8) is 0 Å². The average Bonchev–Trinajstić information content (AvgIpc) is 2.15. The molecular formula is C11H11NO3. The van der Waals surface area contributed by atoms with E-state index in [9.17, 15) is 9.59 Å². The van der Waals surface area contributed by atoms with E-state index in [1.807, 2.05) is 0 Å². The molecule has 4 heteroatoms. The average molecular weight is 205 g/mol. The first kappa shape index (κ1) is 11.0. The maximum atomic E-state index is 10.9. The second-order valence-electron chi connectivity index (χ2n) is 3.08. The lowest BCUT2D eigenvalue weighted by Crippen LogP contribution is -2.11. The summed E-state index contributed by atoms with van der Waals surface area (Å²) in [5.74, 6) is -1.93. The van der Waals surface area contributed by atoms with Crippen molar-refractivity contribution in [3.05, 3.63) is 41.5 Å². The lowest BCUT2D eigenvalue weighted by Gasteiger charge is -2.05. The van der Waals surface area contributed by atoms with E-state index in [2.05, 4.69) is 0 Å². The summed E-state index contributed by atoms with van der Waals surface area (Å²) in [6.45, 7) is 1.77. The highest BCUT2D eigenvalue weighted by atomic mass is 16.4. The van der Waals surface area contributed by atoms with E-state index >= 15 is 0 Å². The molecule has 78 valence electrons. The lowest BCUT2D eigenvalue weighted by atomic mass is 10.0. The van der Waals surface area contributed by atoms with Gasteiger partial charge in [0.1, 0.15) is 0 Å². The van der Waals surface area contributed by atoms with Gasteiger partial charge in [0.2, 0.25) is 5.91 Å². The molecule has 0 aliphatic heterocycles. The van der Waals surface area contributed by atoms with Crippen LogP contribution in [0.5, 0.6) is 0 Å². The standard InChI is InChI=1S/C11H11NO3/c1-7-4-2-3-5-8(7)9(11(14)15)6-10(12)13/h2-6H,1H3,(H2,12,13)(H,14,15). The monoisotopic (exact) mass is 205 g/mol. The predicted octanol–water partition coefficient (Wildman–Crippen LogP) is 0.948. The van der Waals surface area contributed by atoms with Crippen molar-refractivity contribution in [3.8, 4) is 0 Å². The summed E-state index contributed by atoms with van der Waals surface area (Å²) in [7, 11) is 0. The minimum Gasteiger partial charge on any atom is -0.478 e. The van der Waals surface area contributed by atoms with Crippen molar-refractivity contribution >= 4 is 17.4 Å². The Balaban J connectivity index is 3.29. The van der Waals surface area contributed by atoms with Gasteiger partial charge in [0.05, 0.1) is 5.57 Å². The zero-order valence-electron chi connectivity index (χ0n) is 8.23. The van der Waals surface area contributed by atoms with Gasteiger partial charge in [-0.1, -0.05) is 24.3 Å². The van der Waals surface area contributed by atoms with Gasteiger partial charge >= 0.3 is 5.97 Å². The third-order valence-electron chi connectivity index (χ3n) is 1.95. The van der Waals surface area contributed by atoms with Crippen LogP contribution in [0.3, 0.4) is 0 Å². The van der Waals surface area contributed by atoms with Crippen molar-refractivity contribution in [2.75, 3.05) is 0 Å². The first-order valence-electron chi connectivity index (χ1n) is 4.33. The van der Waals surface area contributed by atoms with Crippen LogP contribution in [0.1, 0.15) is 11.1 Å². The van der Waals surface area contributed by atoms with Gasteiger partial charge in [0.15, 0.2) is 0 Å². The molecule has 15 heavy (non-hydrogen) atoms. The van der Waals surface area contributed by atoms with Gasteiger partial charge in [-0.3, -0.25) is 4.79 Å². The summed E-state index contributed by atoms with van der Waals surface area (Å²) in [6.07, 6.45) is 0.921. The summed E-state index contributed by atoms with van der Waals surface area (Å²) >= 11 is 0. The molecule has 1 aromatic carbocycles. The Labute approximate surface area is 87.0 Å². The van der Waals surface area contributed by atoms with Crippen LogP contribution in [0.2, 0.25) is 0 Å². The van der Waals surface area contributed by atoms with Gasteiger partial charge in [-0.25, -0.2) is 4.79 Å². The van der Waals surface area contributed by atoms with Crippen LogP contribution in [0.4, 0.5) is 0 Å². The molecule has 0 atom stereocenters. The Hall–Kier alpha value is -2.10. The number of carboxylic acid groups (broad SMARTS) is 1. The van der Waals surface area contributed by atoms with Crippen LogP contribution in [-0.4, -0.2) is 17.0 Å². The molecule has 1 rings (SSSR count). The zero-order chi connectivity index (χ0) is 11.4. The van der Waals surface area contributed by atoms with E-state index in [1.54, 1.807) is 31.2 Å². The quantitative estimate of drug-likeness (QED) is 0.721. The first-order chi connectivity index (χ1) is 7.02. The molecule has 0 bridgehead atoms. The highest BCUT2D eigenvalue weighted by molar-refractivity contribution is 6.20. The third-order valence-corrected chi connectivity index (χ3v) is 1.95. The summed E-state index contributed by atoms with van der Waals surface area (Å²) < 4.78 is 0. The maximum absolute atomic E-state index is 10.9. The molecule has 0 saturated heterocycles. The van der Waals surface area contributed by atoms with Gasteiger partial charge in [-0.2, -0.15) is 0 Å². The molecule has 0 spiro atoms. The number of primary amides is 1. The lowest BCUT2D eigenvalue weighted by molar-refractivity contribution is -0.130. The second kappa shape index (κ2) is 4.41. The van der Waals surface area contributed by atoms with E-state index < -0.39 is 11.9 Å². The number of hydrogen-bond donors (Lipinski definition) is 2. The first-order valence-corrected chi connectivity index (χ1v) is 4.33. The Kier molecular flexibility index (Phi) is 3.23. The topological polar surface area (TPSA) is 80.4 Å². The summed E-state index contributed by atoms with van der Waals surface area (Å²) in [5.41, 5.74) is 6.15. The normalized spacial score (nSPS) is 11.1. The fourth-order valence-corrected chi connectivity index (χ4v) is 1.27. The van der Waals surface area contributed by atoms with E-state index in [4.69, 9.17) is 10.8 Å². The third kappa shape index (κ3) is 2.67. The number of carboxylic acids is 1. The molecule has 0 aliphatic carbocycles. The fourth-order valence-electron chi connectivity index (χ4n) is 1.27. The largest absolute Gasteiger partial charge is 0.478 e. The van der Waals surface area contributed by atoms with Crippen LogP contribution in [0.15, 0.2) is 30.3 Å². The minimum atomic E-state index is -1.16. The molecule has 0 aromatic heterocycles. The summed E-state index contributed by atoms with van der Waals surface area (Å²) in [6, 6.07) is 6.91. The fraction of sp³-hybridized carbons (Fsp3) is 0.0909. The molecule has 0 fully saturated rings. The Morgan fingerprint density at radius 3 is 2.40 bits per heavy atom. The molecule has 3 N–H and O–H groups in total. The predicted molar refractivity (Wildman–Crippen MR) is 56.0 cm³/mol. The maximum Gasteiger partial charge on any atom is 0.336 e. The Bertz CT molecular complexity index is 435. The molecule has 0 heterocycles. The van der Waals surface area contributed by atoms with Crippen LogP contribution in [-0.2, 0) is 9.59 Å². The highest BCUT2D eigenvalue weighted by Gasteiger charge is 2.13. The smallest absolute Gasteiger partial charge is 0.336 e. The zero-order valence-corrected chi connectivity index (χ0v) is 8.23. The molecule has 1 amide bonds. The number of carbonyl (C=O) groups is 2. The molecule has 0 aliphatic rings. The molecular weight excluding hydrogens is 194 g/mol. The van der Waals surface area contributed by atoms with Gasteiger partial charge < -0.3 is 10.8 Å². The SMILES string of the molecule is Cc1ccccc1C(=CC(N)=O)C(=O)O.